The number of carboxylic acid groups (broad SMARTS) is 1. The number of hydrogen-bond donors (Lipinski definition) is 3. The summed E-state index contributed by atoms with van der Waals surface area (Å²) in [6.07, 6.45) is 0.264. The van der Waals surface area contributed by atoms with Gasteiger partial charge in [-0.3, -0.25) is 14.5 Å². The monoisotopic (exact) mass is 537 g/mol. The van der Waals surface area contributed by atoms with Crippen LogP contribution in [0.5, 0.6) is 0 Å². The van der Waals surface area contributed by atoms with Crippen LogP contribution in [0.3, 0.4) is 0 Å². The lowest BCUT2D eigenvalue weighted by Crippen LogP contribution is -2.71. The van der Waals surface area contributed by atoms with Crippen LogP contribution in [0.15, 0.2) is 33.9 Å². The molecule has 2 aromatic rings. The first-order valence-electron chi connectivity index (χ1n) is 9.95. The molecule has 1 fully saturated rings. The highest BCUT2D eigenvalue weighted by atomic mass is 32.2. The van der Waals surface area contributed by atoms with Crippen molar-refractivity contribution in [2.45, 2.75) is 17.8 Å². The van der Waals surface area contributed by atoms with E-state index < -0.39 is 35.2 Å². The molecule has 0 spiro atoms. The summed E-state index contributed by atoms with van der Waals surface area (Å²) in [4.78, 5) is 60.7. The molecule has 2 amide bonds. The minimum absolute atomic E-state index is 0.115. The van der Waals surface area contributed by atoms with Gasteiger partial charge in [0.2, 0.25) is 0 Å². The zero-order valence-electron chi connectivity index (χ0n) is 18.3. The molecule has 0 radical (unpaired) electrons. The van der Waals surface area contributed by atoms with E-state index >= 15 is 0 Å². The molecule has 1 saturated heterocycles. The van der Waals surface area contributed by atoms with Crippen molar-refractivity contribution < 1.29 is 33.9 Å². The van der Waals surface area contributed by atoms with Crippen molar-refractivity contribution in [3.63, 3.8) is 0 Å². The number of thiophene rings is 1. The first-order valence-corrected chi connectivity index (χ1v) is 12.7. The number of nitrogens with zero attached hydrogens (tertiary/aromatic N) is 3. The number of ether oxygens (including phenoxy) is 1. The number of nitrogens with one attached hydrogen (secondary N) is 1. The highest BCUT2D eigenvalue weighted by Crippen LogP contribution is 2.41. The second-order valence-corrected chi connectivity index (χ2v) is 10.4. The number of aromatic nitrogens is 1. The van der Waals surface area contributed by atoms with Crippen LogP contribution >= 0.6 is 34.4 Å². The topological polar surface area (TPSA) is 174 Å². The SMILES string of the molecule is CO/N=C(\C(=O)N[C@@H]1C(=O)N2C(C(=O)O)=C(Cc3ccc(C(=O)OC)s3)CS[C@H]12)c1csc(N)n1. The Morgan fingerprint density at radius 2 is 2.11 bits per heavy atom. The van der Waals surface area contributed by atoms with Crippen molar-refractivity contribution in [3.05, 3.63) is 44.2 Å². The van der Waals surface area contributed by atoms with Gasteiger partial charge in [0.1, 0.15) is 34.8 Å². The predicted molar refractivity (Wildman–Crippen MR) is 129 cm³/mol. The molecule has 12 nitrogen and oxygen atoms in total. The number of fused-ring (bicyclic) bond motifs is 1. The van der Waals surface area contributed by atoms with Gasteiger partial charge in [-0.25, -0.2) is 14.6 Å². The molecule has 0 saturated carbocycles. The van der Waals surface area contributed by atoms with Crippen molar-refractivity contribution in [1.29, 1.82) is 0 Å². The Labute approximate surface area is 210 Å². The van der Waals surface area contributed by atoms with E-state index in [1.807, 2.05) is 0 Å². The van der Waals surface area contributed by atoms with E-state index in [4.69, 9.17) is 15.3 Å². The van der Waals surface area contributed by atoms with Gasteiger partial charge in [0.15, 0.2) is 10.8 Å². The molecule has 2 aromatic heterocycles. The van der Waals surface area contributed by atoms with Crippen LogP contribution in [-0.2, 0) is 30.4 Å². The van der Waals surface area contributed by atoms with Crippen molar-refractivity contribution in [2.24, 2.45) is 5.16 Å². The molecule has 15 heteroatoms. The van der Waals surface area contributed by atoms with Gasteiger partial charge in [-0.05, 0) is 17.7 Å². The average Bonchev–Trinajstić information content (AvgIpc) is 3.48. The first kappa shape index (κ1) is 24.7. The Balaban J connectivity index is 1.52. The third kappa shape index (κ3) is 4.74. The molecule has 2 aliphatic heterocycles. The summed E-state index contributed by atoms with van der Waals surface area (Å²) in [5.41, 5.74) is 6.10. The summed E-state index contributed by atoms with van der Waals surface area (Å²) < 4.78 is 4.71. The van der Waals surface area contributed by atoms with E-state index in [0.29, 0.717) is 16.2 Å². The van der Waals surface area contributed by atoms with Crippen LogP contribution in [0.4, 0.5) is 5.13 Å². The number of hydrogen-bond acceptors (Lipinski definition) is 12. The van der Waals surface area contributed by atoms with Gasteiger partial charge in [0.05, 0.1) is 7.11 Å². The molecular formula is C20H19N5O7S3. The lowest BCUT2D eigenvalue weighted by molar-refractivity contribution is -0.150. The lowest BCUT2D eigenvalue weighted by atomic mass is 10.0. The number of anilines is 1. The number of rotatable bonds is 8. The normalized spacial score (nSPS) is 19.7. The van der Waals surface area contributed by atoms with Crippen molar-refractivity contribution in [3.8, 4) is 0 Å². The second kappa shape index (κ2) is 10.1. The molecular weight excluding hydrogens is 518 g/mol. The maximum Gasteiger partial charge on any atom is 0.352 e. The summed E-state index contributed by atoms with van der Waals surface area (Å²) in [7, 11) is 2.55. The zero-order chi connectivity index (χ0) is 25.3. The zero-order valence-corrected chi connectivity index (χ0v) is 20.8. The summed E-state index contributed by atoms with van der Waals surface area (Å²) in [5.74, 6) is -2.64. The largest absolute Gasteiger partial charge is 0.477 e. The number of oxime groups is 1. The number of thiazole rings is 1. The average molecular weight is 538 g/mol. The smallest absolute Gasteiger partial charge is 0.352 e. The van der Waals surface area contributed by atoms with Gasteiger partial charge in [-0.1, -0.05) is 5.16 Å². The number of carbonyl (C=O) groups excluding carboxylic acids is 3. The summed E-state index contributed by atoms with van der Waals surface area (Å²) >= 11 is 3.65. The van der Waals surface area contributed by atoms with E-state index in [0.717, 1.165) is 16.2 Å². The summed E-state index contributed by atoms with van der Waals surface area (Å²) in [6, 6.07) is 2.39. The highest BCUT2D eigenvalue weighted by molar-refractivity contribution is 8.00. The maximum absolute atomic E-state index is 12.9. The fraction of sp³-hybridized carbons (Fsp3) is 0.300. The molecule has 0 aliphatic carbocycles. The number of esters is 1. The molecule has 35 heavy (non-hydrogen) atoms. The molecule has 0 aromatic carbocycles. The Morgan fingerprint density at radius 3 is 2.74 bits per heavy atom. The number of nitrogens with two attached hydrogens (primary N) is 1. The fourth-order valence-electron chi connectivity index (χ4n) is 3.61. The Kier molecular flexibility index (Phi) is 7.09. The van der Waals surface area contributed by atoms with Gasteiger partial charge >= 0.3 is 11.9 Å². The second-order valence-electron chi connectivity index (χ2n) is 7.25. The predicted octanol–water partition coefficient (Wildman–Crippen LogP) is 0.905. The van der Waals surface area contributed by atoms with Gasteiger partial charge in [0.25, 0.3) is 11.8 Å². The van der Waals surface area contributed by atoms with E-state index in [1.165, 1.54) is 47.6 Å². The Bertz CT molecular complexity index is 1270. The van der Waals surface area contributed by atoms with Crippen LogP contribution in [0.1, 0.15) is 20.2 Å². The van der Waals surface area contributed by atoms with Gasteiger partial charge in [0, 0.05) is 22.4 Å². The maximum atomic E-state index is 12.9. The van der Waals surface area contributed by atoms with Gasteiger partial charge < -0.3 is 25.7 Å². The number of thioether (sulfide) groups is 1. The number of methoxy groups -OCH3 is 1. The minimum Gasteiger partial charge on any atom is -0.477 e. The molecule has 2 aliphatic rings. The van der Waals surface area contributed by atoms with Crippen molar-refractivity contribution >= 4 is 69.0 Å². The molecule has 2 atom stereocenters. The van der Waals surface area contributed by atoms with Crippen molar-refractivity contribution in [1.82, 2.24) is 15.2 Å². The third-order valence-electron chi connectivity index (χ3n) is 5.13. The summed E-state index contributed by atoms with van der Waals surface area (Å²) in [5, 5.41) is 17.3. The molecule has 0 bridgehead atoms. The quantitative estimate of drug-likeness (QED) is 0.190. The first-order chi connectivity index (χ1) is 16.7. The fourth-order valence-corrected chi connectivity index (χ4v) is 6.48. The van der Waals surface area contributed by atoms with E-state index in [2.05, 4.69) is 15.5 Å². The van der Waals surface area contributed by atoms with Crippen LogP contribution in [-0.4, -0.2) is 75.8 Å². The summed E-state index contributed by atoms with van der Waals surface area (Å²) in [6.45, 7) is 0. The number of nitrogen functional groups attached to an aromatic ring is 1. The number of aliphatic carboxylic acids is 1. The molecule has 184 valence electrons. The van der Waals surface area contributed by atoms with Crippen molar-refractivity contribution in [2.75, 3.05) is 25.7 Å². The van der Waals surface area contributed by atoms with E-state index in [9.17, 15) is 24.3 Å². The van der Waals surface area contributed by atoms with E-state index in [-0.39, 0.29) is 28.7 Å². The molecule has 4 N–H and O–H groups in total. The van der Waals surface area contributed by atoms with Gasteiger partial charge in [-0.2, -0.15) is 0 Å². The number of β-lactam (4-membered cyclic amide) rings is 1. The van der Waals surface area contributed by atoms with Crippen LogP contribution in [0.25, 0.3) is 0 Å². The van der Waals surface area contributed by atoms with Crippen LogP contribution in [0.2, 0.25) is 0 Å². The number of amides is 2. The number of carboxylic acids is 1. The molecule has 4 rings (SSSR count). The number of carbonyl (C=O) groups is 4. The van der Waals surface area contributed by atoms with E-state index in [1.54, 1.807) is 12.1 Å². The van der Waals surface area contributed by atoms with Crippen LogP contribution < -0.4 is 11.1 Å². The lowest BCUT2D eigenvalue weighted by Gasteiger charge is -2.49. The minimum atomic E-state index is -1.24. The standard InChI is InChI=1S/C20H19N5O7S3/c1-31-19(30)11-4-3-9(35-11)5-8-6-33-17-13(16(27)25(17)14(8)18(28)29)23-15(26)12(24-32-2)10-7-34-20(21)22-10/h3-4,7,13,17H,5-6H2,1-2H3,(H2,21,22)(H,23,26)(H,28,29)/b24-12-/t13-,17-/m1/s1. The Morgan fingerprint density at radius 1 is 1.34 bits per heavy atom. The van der Waals surface area contributed by atoms with Gasteiger partial charge in [-0.15, -0.1) is 34.4 Å². The Hall–Kier alpha value is -3.43. The third-order valence-corrected chi connectivity index (χ3v) is 8.21. The van der Waals surface area contributed by atoms with Crippen LogP contribution in [0, 0.1) is 0 Å². The highest BCUT2D eigenvalue weighted by Gasteiger charge is 2.54. The molecule has 0 unspecified atom stereocenters. The molecule has 4 heterocycles.